The van der Waals surface area contributed by atoms with Crippen molar-refractivity contribution in [3.8, 4) is 0 Å². The monoisotopic (exact) mass is 149 g/mol. The first-order valence-electron chi connectivity index (χ1n) is 3.55. The van der Waals surface area contributed by atoms with E-state index in [1.54, 1.807) is 0 Å². The molecule has 0 aliphatic rings. The Labute approximate surface area is 67.4 Å². The van der Waals surface area contributed by atoms with Gasteiger partial charge in [-0.05, 0) is 31.0 Å². The fourth-order valence-electron chi connectivity index (χ4n) is 1.06. The maximum atomic E-state index is 5.79. The van der Waals surface area contributed by atoms with E-state index in [9.17, 15) is 0 Å². The van der Waals surface area contributed by atoms with E-state index in [2.05, 4.69) is 12.4 Å². The molecule has 0 atom stereocenters. The lowest BCUT2D eigenvalue weighted by Gasteiger charge is -2.09. The molecule has 59 valence electrons. The Morgan fingerprint density at radius 2 is 2.00 bits per heavy atom. The van der Waals surface area contributed by atoms with E-state index in [1.165, 1.54) is 0 Å². The quantitative estimate of drug-likeness (QED) is 0.600. The molecule has 0 aliphatic heterocycles. The van der Waals surface area contributed by atoms with E-state index in [0.717, 1.165) is 22.5 Å². The molecule has 2 heteroatoms. The molecule has 0 fully saturated rings. The Kier molecular flexibility index (Phi) is 2.03. The van der Waals surface area contributed by atoms with Crippen molar-refractivity contribution in [2.75, 3.05) is 11.1 Å². The normalized spacial score (nSPS) is 9.73. The SMILES string of the molecule is [CH2]Nc1ccc(C)c(N)c1C. The molecule has 0 saturated carbocycles. The Balaban J connectivity index is 3.25. The zero-order valence-corrected chi connectivity index (χ0v) is 6.94. The van der Waals surface area contributed by atoms with Gasteiger partial charge in [0.15, 0.2) is 0 Å². The predicted molar refractivity (Wildman–Crippen MR) is 49.3 cm³/mol. The second kappa shape index (κ2) is 2.82. The number of aryl methyl sites for hydroxylation is 1. The molecule has 0 unspecified atom stereocenters. The van der Waals surface area contributed by atoms with Gasteiger partial charge in [0.2, 0.25) is 0 Å². The Morgan fingerprint density at radius 3 is 2.55 bits per heavy atom. The highest BCUT2D eigenvalue weighted by Crippen LogP contribution is 2.23. The van der Waals surface area contributed by atoms with Crippen molar-refractivity contribution in [2.45, 2.75) is 13.8 Å². The van der Waals surface area contributed by atoms with Gasteiger partial charge in [-0.3, -0.25) is 0 Å². The minimum Gasteiger partial charge on any atom is -0.398 e. The maximum Gasteiger partial charge on any atom is 0.0394 e. The lowest BCUT2D eigenvalue weighted by Crippen LogP contribution is -1.97. The molecule has 0 amide bonds. The first kappa shape index (κ1) is 7.92. The summed E-state index contributed by atoms with van der Waals surface area (Å²) < 4.78 is 0. The highest BCUT2D eigenvalue weighted by molar-refractivity contribution is 5.66. The molecule has 0 aliphatic carbocycles. The van der Waals surface area contributed by atoms with Gasteiger partial charge >= 0.3 is 0 Å². The summed E-state index contributed by atoms with van der Waals surface area (Å²) in [5.41, 5.74) is 9.81. The molecule has 0 bridgehead atoms. The summed E-state index contributed by atoms with van der Waals surface area (Å²) in [4.78, 5) is 0. The van der Waals surface area contributed by atoms with Crippen molar-refractivity contribution < 1.29 is 0 Å². The van der Waals surface area contributed by atoms with Crippen LogP contribution in [0, 0.1) is 20.9 Å². The molecule has 3 N–H and O–H groups in total. The van der Waals surface area contributed by atoms with Gasteiger partial charge in [0.05, 0.1) is 0 Å². The van der Waals surface area contributed by atoms with E-state index in [4.69, 9.17) is 5.73 Å². The number of nitrogen functional groups attached to an aromatic ring is 1. The second-order valence-electron chi connectivity index (χ2n) is 2.65. The van der Waals surface area contributed by atoms with E-state index in [1.807, 2.05) is 26.0 Å². The summed E-state index contributed by atoms with van der Waals surface area (Å²) in [7, 11) is 3.58. The van der Waals surface area contributed by atoms with Crippen LogP contribution in [0.5, 0.6) is 0 Å². The van der Waals surface area contributed by atoms with E-state index >= 15 is 0 Å². The average Bonchev–Trinajstić information content (AvgIpc) is 2.01. The van der Waals surface area contributed by atoms with Gasteiger partial charge in [-0.1, -0.05) is 6.07 Å². The highest BCUT2D eigenvalue weighted by atomic mass is 14.8. The van der Waals surface area contributed by atoms with Crippen molar-refractivity contribution in [3.05, 3.63) is 30.3 Å². The Morgan fingerprint density at radius 1 is 1.36 bits per heavy atom. The van der Waals surface area contributed by atoms with Crippen LogP contribution in [-0.2, 0) is 0 Å². The number of rotatable bonds is 1. The maximum absolute atomic E-state index is 5.79. The summed E-state index contributed by atoms with van der Waals surface area (Å²) >= 11 is 0. The summed E-state index contributed by atoms with van der Waals surface area (Å²) in [6, 6.07) is 3.96. The fraction of sp³-hybridized carbons (Fsp3) is 0.222. The number of anilines is 2. The third-order valence-corrected chi connectivity index (χ3v) is 1.92. The Hall–Kier alpha value is -1.18. The molecule has 1 aromatic carbocycles. The third kappa shape index (κ3) is 1.29. The Bertz CT molecular complexity index is 267. The zero-order valence-electron chi connectivity index (χ0n) is 6.94. The van der Waals surface area contributed by atoms with Crippen molar-refractivity contribution in [1.29, 1.82) is 0 Å². The largest absolute Gasteiger partial charge is 0.398 e. The van der Waals surface area contributed by atoms with Crippen LogP contribution in [-0.4, -0.2) is 0 Å². The second-order valence-corrected chi connectivity index (χ2v) is 2.65. The van der Waals surface area contributed by atoms with Gasteiger partial charge in [-0.25, -0.2) is 0 Å². The number of benzene rings is 1. The van der Waals surface area contributed by atoms with Gasteiger partial charge < -0.3 is 11.1 Å². The molecule has 1 rings (SSSR count). The third-order valence-electron chi connectivity index (χ3n) is 1.92. The number of nitrogens with one attached hydrogen (secondary N) is 1. The molecule has 0 heterocycles. The number of nitrogens with two attached hydrogens (primary N) is 1. The highest BCUT2D eigenvalue weighted by Gasteiger charge is 2.01. The first-order chi connectivity index (χ1) is 5.16. The predicted octanol–water partition coefficient (Wildman–Crippen LogP) is 2.09. The molecular weight excluding hydrogens is 136 g/mol. The van der Waals surface area contributed by atoms with E-state index < -0.39 is 0 Å². The van der Waals surface area contributed by atoms with Crippen molar-refractivity contribution in [1.82, 2.24) is 0 Å². The van der Waals surface area contributed by atoms with E-state index in [0.29, 0.717) is 0 Å². The van der Waals surface area contributed by atoms with Gasteiger partial charge in [0.25, 0.3) is 0 Å². The molecule has 11 heavy (non-hydrogen) atoms. The lowest BCUT2D eigenvalue weighted by atomic mass is 10.1. The topological polar surface area (TPSA) is 38.0 Å². The van der Waals surface area contributed by atoms with Crippen LogP contribution in [0.15, 0.2) is 12.1 Å². The van der Waals surface area contributed by atoms with Crippen LogP contribution in [0.3, 0.4) is 0 Å². The number of hydrogen-bond donors (Lipinski definition) is 2. The van der Waals surface area contributed by atoms with Crippen LogP contribution >= 0.6 is 0 Å². The van der Waals surface area contributed by atoms with Gasteiger partial charge in [0.1, 0.15) is 0 Å². The van der Waals surface area contributed by atoms with Crippen LogP contribution < -0.4 is 11.1 Å². The van der Waals surface area contributed by atoms with Crippen LogP contribution in [0.1, 0.15) is 11.1 Å². The van der Waals surface area contributed by atoms with Gasteiger partial charge in [-0.2, -0.15) is 0 Å². The average molecular weight is 149 g/mol. The smallest absolute Gasteiger partial charge is 0.0394 e. The van der Waals surface area contributed by atoms with Crippen LogP contribution in [0.2, 0.25) is 0 Å². The number of hydrogen-bond acceptors (Lipinski definition) is 2. The zero-order chi connectivity index (χ0) is 8.43. The molecule has 0 saturated heterocycles. The lowest BCUT2D eigenvalue weighted by molar-refractivity contribution is 1.37. The van der Waals surface area contributed by atoms with Crippen LogP contribution in [0.4, 0.5) is 11.4 Å². The van der Waals surface area contributed by atoms with Crippen molar-refractivity contribution in [3.63, 3.8) is 0 Å². The molecule has 0 spiro atoms. The van der Waals surface area contributed by atoms with Gasteiger partial charge in [0, 0.05) is 18.4 Å². The molecule has 0 aromatic heterocycles. The minimum atomic E-state index is 0.846. The summed E-state index contributed by atoms with van der Waals surface area (Å²) in [6.07, 6.45) is 0. The molecule has 1 aromatic rings. The minimum absolute atomic E-state index is 0.846. The summed E-state index contributed by atoms with van der Waals surface area (Å²) in [5.74, 6) is 0. The fourth-order valence-corrected chi connectivity index (χ4v) is 1.06. The summed E-state index contributed by atoms with van der Waals surface area (Å²) in [5, 5.41) is 2.83. The molecule has 2 nitrogen and oxygen atoms in total. The van der Waals surface area contributed by atoms with Gasteiger partial charge in [-0.15, -0.1) is 0 Å². The standard InChI is InChI=1S/C9H13N2/c1-6-4-5-8(11-3)7(2)9(6)10/h4-5,11H,3,10H2,1-2H3. The van der Waals surface area contributed by atoms with Crippen LogP contribution in [0.25, 0.3) is 0 Å². The molecule has 1 radical (unpaired) electrons. The van der Waals surface area contributed by atoms with E-state index in [-0.39, 0.29) is 0 Å². The first-order valence-corrected chi connectivity index (χ1v) is 3.55. The van der Waals surface area contributed by atoms with Crippen molar-refractivity contribution in [2.24, 2.45) is 0 Å². The molecular formula is C9H13N2. The summed E-state index contributed by atoms with van der Waals surface area (Å²) in [6.45, 7) is 3.98. The van der Waals surface area contributed by atoms with Crippen molar-refractivity contribution >= 4 is 11.4 Å².